The molecule has 1 aromatic rings. The molecule has 1 amide bonds. The molecule has 1 aromatic carbocycles. The minimum absolute atomic E-state index is 0.00706. The van der Waals surface area contributed by atoms with Crippen LogP contribution in [0.2, 0.25) is 0 Å². The van der Waals surface area contributed by atoms with Gasteiger partial charge in [0.2, 0.25) is 0 Å². The molecule has 1 aliphatic heterocycles. The number of likely N-dealkylation sites (tertiary alicyclic amines) is 1. The summed E-state index contributed by atoms with van der Waals surface area (Å²) in [6.45, 7) is 2.98. The van der Waals surface area contributed by atoms with Crippen LogP contribution in [0.1, 0.15) is 30.1 Å². The molecule has 2 unspecified atom stereocenters. The molecule has 5 heteroatoms. The number of aromatic hydroxyl groups is 1. The number of nitrogens with zero attached hydrogens (tertiary/aromatic N) is 1. The highest BCUT2D eigenvalue weighted by Crippen LogP contribution is 2.26. The Morgan fingerprint density at radius 3 is 2.95 bits per heavy atom. The summed E-state index contributed by atoms with van der Waals surface area (Å²) in [5.41, 5.74) is 0.306. The average molecular weight is 328 g/mol. The van der Waals surface area contributed by atoms with Gasteiger partial charge >= 0.3 is 0 Å². The van der Waals surface area contributed by atoms with Crippen molar-refractivity contribution in [1.82, 2.24) is 4.90 Å². The van der Waals surface area contributed by atoms with Gasteiger partial charge in [-0.15, -0.1) is 0 Å². The quantitative estimate of drug-likeness (QED) is 0.876. The number of hydrogen-bond acceptors (Lipinski definition) is 3. The smallest absolute Gasteiger partial charge is 0.257 e. The second-order valence-electron chi connectivity index (χ2n) is 5.06. The van der Waals surface area contributed by atoms with E-state index in [0.717, 1.165) is 17.3 Å². The largest absolute Gasteiger partial charge is 0.507 e. The van der Waals surface area contributed by atoms with Crippen molar-refractivity contribution in [3.05, 3.63) is 28.2 Å². The van der Waals surface area contributed by atoms with Gasteiger partial charge in [-0.05, 0) is 38.0 Å². The van der Waals surface area contributed by atoms with Crippen LogP contribution in [0.15, 0.2) is 22.7 Å². The summed E-state index contributed by atoms with van der Waals surface area (Å²) in [6.07, 6.45) is 1.41. The van der Waals surface area contributed by atoms with Crippen molar-refractivity contribution in [2.45, 2.75) is 25.9 Å². The van der Waals surface area contributed by atoms with Crippen molar-refractivity contribution in [3.63, 3.8) is 0 Å². The second kappa shape index (κ2) is 5.92. The van der Waals surface area contributed by atoms with Crippen molar-refractivity contribution in [2.24, 2.45) is 5.92 Å². The first-order chi connectivity index (χ1) is 8.99. The number of hydrogen-bond donors (Lipinski definition) is 2. The number of phenols is 1. The predicted molar refractivity (Wildman–Crippen MR) is 76.1 cm³/mol. The van der Waals surface area contributed by atoms with Crippen LogP contribution in [0.25, 0.3) is 0 Å². The van der Waals surface area contributed by atoms with Crippen molar-refractivity contribution < 1.29 is 15.0 Å². The predicted octanol–water partition coefficient (Wildman–Crippen LogP) is 2.39. The minimum Gasteiger partial charge on any atom is -0.507 e. The molecule has 104 valence electrons. The maximum Gasteiger partial charge on any atom is 0.257 e. The number of aliphatic hydroxyl groups excluding tert-OH is 1. The van der Waals surface area contributed by atoms with Crippen LogP contribution < -0.4 is 0 Å². The average Bonchev–Trinajstić information content (AvgIpc) is 2.41. The van der Waals surface area contributed by atoms with Gasteiger partial charge < -0.3 is 15.1 Å². The highest BCUT2D eigenvalue weighted by molar-refractivity contribution is 9.10. The summed E-state index contributed by atoms with van der Waals surface area (Å²) in [4.78, 5) is 14.1. The summed E-state index contributed by atoms with van der Waals surface area (Å²) in [5, 5.41) is 19.4. The molecule has 19 heavy (non-hydrogen) atoms. The molecule has 1 heterocycles. The Morgan fingerprint density at radius 2 is 2.26 bits per heavy atom. The Labute approximate surface area is 121 Å². The van der Waals surface area contributed by atoms with E-state index in [-0.39, 0.29) is 17.6 Å². The Bertz CT molecular complexity index is 476. The van der Waals surface area contributed by atoms with E-state index in [0.29, 0.717) is 18.7 Å². The number of piperidine rings is 1. The minimum atomic E-state index is -0.410. The fourth-order valence-corrected chi connectivity index (χ4v) is 2.80. The molecule has 2 N–H and O–H groups in total. The summed E-state index contributed by atoms with van der Waals surface area (Å²) in [6, 6.07) is 4.83. The number of rotatable bonds is 2. The van der Waals surface area contributed by atoms with E-state index in [1.54, 1.807) is 24.0 Å². The highest BCUT2D eigenvalue weighted by atomic mass is 79.9. The Balaban J connectivity index is 2.17. The van der Waals surface area contributed by atoms with Gasteiger partial charge in [-0.1, -0.05) is 15.9 Å². The molecule has 0 aliphatic carbocycles. The van der Waals surface area contributed by atoms with Gasteiger partial charge in [0.05, 0.1) is 11.7 Å². The lowest BCUT2D eigenvalue weighted by Crippen LogP contribution is -2.42. The van der Waals surface area contributed by atoms with Crippen LogP contribution in [-0.4, -0.2) is 40.2 Å². The van der Waals surface area contributed by atoms with E-state index in [4.69, 9.17) is 0 Å². The lowest BCUT2D eigenvalue weighted by atomic mass is 9.93. The molecule has 1 saturated heterocycles. The van der Waals surface area contributed by atoms with Gasteiger partial charge in [-0.3, -0.25) is 4.79 Å². The van der Waals surface area contributed by atoms with Crippen LogP contribution in [0.5, 0.6) is 5.75 Å². The summed E-state index contributed by atoms with van der Waals surface area (Å²) < 4.78 is 0.762. The van der Waals surface area contributed by atoms with Crippen LogP contribution >= 0.6 is 15.9 Å². The number of benzene rings is 1. The fraction of sp³-hybridized carbons (Fsp3) is 0.500. The Morgan fingerprint density at radius 1 is 1.53 bits per heavy atom. The van der Waals surface area contributed by atoms with Crippen molar-refractivity contribution in [3.8, 4) is 5.75 Å². The molecule has 0 aromatic heterocycles. The Kier molecular flexibility index (Phi) is 4.47. The third-order valence-corrected chi connectivity index (χ3v) is 4.11. The van der Waals surface area contributed by atoms with Crippen LogP contribution in [-0.2, 0) is 0 Å². The number of aliphatic hydroxyl groups is 1. The topological polar surface area (TPSA) is 60.8 Å². The monoisotopic (exact) mass is 327 g/mol. The van der Waals surface area contributed by atoms with Crippen molar-refractivity contribution in [1.29, 1.82) is 0 Å². The molecule has 1 aliphatic rings. The van der Waals surface area contributed by atoms with E-state index in [9.17, 15) is 15.0 Å². The summed E-state index contributed by atoms with van der Waals surface area (Å²) in [5.74, 6) is -0.0662. The zero-order valence-electron chi connectivity index (χ0n) is 10.8. The van der Waals surface area contributed by atoms with E-state index < -0.39 is 6.10 Å². The molecule has 0 saturated carbocycles. The van der Waals surface area contributed by atoms with Crippen LogP contribution in [0.3, 0.4) is 0 Å². The van der Waals surface area contributed by atoms with Gasteiger partial charge in [0.15, 0.2) is 0 Å². The number of carbonyl (C=O) groups is 1. The molecule has 0 radical (unpaired) electrons. The van der Waals surface area contributed by atoms with E-state index in [2.05, 4.69) is 15.9 Å². The zero-order valence-corrected chi connectivity index (χ0v) is 12.4. The maximum atomic E-state index is 12.4. The van der Waals surface area contributed by atoms with Gasteiger partial charge in [0.1, 0.15) is 5.75 Å². The van der Waals surface area contributed by atoms with Gasteiger partial charge in [-0.2, -0.15) is 0 Å². The first-order valence-electron chi connectivity index (χ1n) is 6.45. The summed E-state index contributed by atoms with van der Waals surface area (Å²) >= 11 is 3.30. The highest BCUT2D eigenvalue weighted by Gasteiger charge is 2.28. The number of carbonyl (C=O) groups excluding carboxylic acids is 1. The molecule has 1 fully saturated rings. The first kappa shape index (κ1) is 14.3. The molecule has 0 spiro atoms. The van der Waals surface area contributed by atoms with Crippen LogP contribution in [0.4, 0.5) is 0 Å². The van der Waals surface area contributed by atoms with Gasteiger partial charge in [0, 0.05) is 23.5 Å². The van der Waals surface area contributed by atoms with Crippen molar-refractivity contribution >= 4 is 21.8 Å². The third-order valence-electron chi connectivity index (χ3n) is 3.62. The molecular formula is C14H18BrNO3. The van der Waals surface area contributed by atoms with Crippen molar-refractivity contribution in [2.75, 3.05) is 13.1 Å². The molecular weight excluding hydrogens is 310 g/mol. The SMILES string of the molecule is CC(O)C1CCCN(C(=O)c2cc(Br)ccc2O)C1. The van der Waals surface area contributed by atoms with Gasteiger partial charge in [0.25, 0.3) is 5.91 Å². The first-order valence-corrected chi connectivity index (χ1v) is 7.24. The Hall–Kier alpha value is -1.07. The lowest BCUT2D eigenvalue weighted by molar-refractivity contribution is 0.0464. The third kappa shape index (κ3) is 3.28. The van der Waals surface area contributed by atoms with Crippen LogP contribution in [0, 0.1) is 5.92 Å². The summed E-state index contributed by atoms with van der Waals surface area (Å²) in [7, 11) is 0. The number of phenolic OH excluding ortho intramolecular Hbond substituents is 1. The molecule has 0 bridgehead atoms. The number of halogens is 1. The maximum absolute atomic E-state index is 12.4. The zero-order chi connectivity index (χ0) is 14.0. The second-order valence-corrected chi connectivity index (χ2v) is 5.97. The normalized spacial score (nSPS) is 21.2. The molecule has 4 nitrogen and oxygen atoms in total. The van der Waals surface area contributed by atoms with Gasteiger partial charge in [-0.25, -0.2) is 0 Å². The standard InChI is InChI=1S/C14H18BrNO3/c1-9(17)10-3-2-6-16(8-10)14(19)12-7-11(15)4-5-13(12)18/h4-5,7,9-10,17-18H,2-3,6,8H2,1H3. The molecule has 2 atom stereocenters. The van der Waals surface area contributed by atoms with E-state index in [1.165, 1.54) is 6.07 Å². The number of amides is 1. The fourth-order valence-electron chi connectivity index (χ4n) is 2.44. The van der Waals surface area contributed by atoms with E-state index >= 15 is 0 Å². The lowest BCUT2D eigenvalue weighted by Gasteiger charge is -2.34. The van der Waals surface area contributed by atoms with E-state index in [1.807, 2.05) is 0 Å². The molecule has 2 rings (SSSR count).